The Hall–Kier alpha value is -3.73. The largest absolute Gasteiger partial charge is 0.416 e. The number of sulfone groups is 1. The number of alkyl halides is 3. The molecule has 1 heterocycles. The first-order valence-electron chi connectivity index (χ1n) is 11.0. The van der Waals surface area contributed by atoms with Gasteiger partial charge in [0.15, 0.2) is 9.84 Å². The number of rotatable bonds is 9. The highest BCUT2D eigenvalue weighted by atomic mass is 32.2. The van der Waals surface area contributed by atoms with E-state index in [0.717, 1.165) is 24.5 Å². The van der Waals surface area contributed by atoms with Crippen LogP contribution in [0.15, 0.2) is 65.7 Å². The second-order valence-corrected chi connectivity index (χ2v) is 10.3. The number of hydrogen-bond acceptors (Lipinski definition) is 6. The van der Waals surface area contributed by atoms with Gasteiger partial charge in [0.25, 0.3) is 0 Å². The van der Waals surface area contributed by atoms with Crippen LogP contribution < -0.4 is 10.6 Å². The van der Waals surface area contributed by atoms with Gasteiger partial charge < -0.3 is 16.0 Å². The fourth-order valence-electron chi connectivity index (χ4n) is 3.43. The number of aromatic nitrogens is 1. The van der Waals surface area contributed by atoms with E-state index in [9.17, 15) is 26.4 Å². The average molecular weight is 519 g/mol. The van der Waals surface area contributed by atoms with Gasteiger partial charge in [0.05, 0.1) is 34.4 Å². The van der Waals surface area contributed by atoms with Crippen molar-refractivity contribution in [3.05, 3.63) is 83.2 Å². The maximum atomic E-state index is 13.0. The number of carbonyl (C=O) groups is 1. The van der Waals surface area contributed by atoms with Gasteiger partial charge in [-0.3, -0.25) is 9.78 Å². The molecule has 0 bridgehead atoms. The molecule has 190 valence electrons. The molecule has 36 heavy (non-hydrogen) atoms. The molecule has 7 nitrogen and oxygen atoms in total. The number of pyridine rings is 1. The van der Waals surface area contributed by atoms with Gasteiger partial charge in [0.1, 0.15) is 0 Å². The van der Waals surface area contributed by atoms with Crippen LogP contribution in [-0.2, 0) is 27.2 Å². The van der Waals surface area contributed by atoms with Gasteiger partial charge >= 0.3 is 6.18 Å². The van der Waals surface area contributed by atoms with E-state index in [1.54, 1.807) is 44.2 Å². The summed E-state index contributed by atoms with van der Waals surface area (Å²) in [5.41, 5.74) is 1.36. The molecule has 0 saturated carbocycles. The zero-order valence-corrected chi connectivity index (χ0v) is 20.4. The lowest BCUT2D eigenvalue weighted by Gasteiger charge is -2.18. The fourth-order valence-corrected chi connectivity index (χ4v) is 4.32. The Balaban J connectivity index is 1.68. The van der Waals surface area contributed by atoms with E-state index in [0.29, 0.717) is 22.5 Å². The lowest BCUT2D eigenvalue weighted by Crippen LogP contribution is -2.15. The van der Waals surface area contributed by atoms with Crippen LogP contribution in [0.2, 0.25) is 0 Å². The summed E-state index contributed by atoms with van der Waals surface area (Å²) in [7, 11) is -3.32. The van der Waals surface area contributed by atoms with Crippen molar-refractivity contribution in [3.63, 3.8) is 0 Å². The van der Waals surface area contributed by atoms with Gasteiger partial charge in [-0.25, -0.2) is 8.42 Å². The van der Waals surface area contributed by atoms with Gasteiger partial charge in [-0.15, -0.1) is 0 Å². The van der Waals surface area contributed by atoms with Crippen LogP contribution in [0.5, 0.6) is 0 Å². The summed E-state index contributed by atoms with van der Waals surface area (Å²) in [6.45, 7) is 3.21. The molecule has 0 fully saturated rings. The Morgan fingerprint density at radius 1 is 1.11 bits per heavy atom. The molecular formula is C25H25F3N4O3S. The highest BCUT2D eigenvalue weighted by molar-refractivity contribution is 7.91. The second kappa shape index (κ2) is 10.9. The van der Waals surface area contributed by atoms with Gasteiger partial charge in [-0.2, -0.15) is 13.2 Å². The SMILES string of the molecule is CCS(=O)(=O)c1ccc(CC(=O)Nc2ccc(NC(C)c3cc(C(F)(F)F)ccn3)c(C=N)c2)cc1. The molecule has 3 rings (SSSR count). The lowest BCUT2D eigenvalue weighted by atomic mass is 10.1. The first-order chi connectivity index (χ1) is 16.9. The summed E-state index contributed by atoms with van der Waals surface area (Å²) >= 11 is 0. The molecule has 1 aromatic heterocycles. The molecule has 0 aliphatic rings. The zero-order chi connectivity index (χ0) is 26.5. The van der Waals surface area contributed by atoms with Crippen molar-refractivity contribution in [2.45, 2.75) is 37.4 Å². The van der Waals surface area contributed by atoms with Crippen LogP contribution in [0.3, 0.4) is 0 Å². The molecule has 1 amide bonds. The Labute approximate surface area is 207 Å². The highest BCUT2D eigenvalue weighted by Crippen LogP contribution is 2.31. The number of amides is 1. The van der Waals surface area contributed by atoms with Crippen molar-refractivity contribution >= 4 is 33.3 Å². The summed E-state index contributed by atoms with van der Waals surface area (Å²) in [6.07, 6.45) is -2.29. The van der Waals surface area contributed by atoms with Crippen molar-refractivity contribution in [3.8, 4) is 0 Å². The second-order valence-electron chi connectivity index (χ2n) is 8.05. The molecular weight excluding hydrogens is 493 g/mol. The third-order valence-electron chi connectivity index (χ3n) is 5.44. The highest BCUT2D eigenvalue weighted by Gasteiger charge is 2.31. The number of benzene rings is 2. The van der Waals surface area contributed by atoms with E-state index in [2.05, 4.69) is 15.6 Å². The first-order valence-corrected chi connectivity index (χ1v) is 12.6. The molecule has 1 unspecified atom stereocenters. The van der Waals surface area contributed by atoms with Crippen LogP contribution in [0.4, 0.5) is 24.5 Å². The summed E-state index contributed by atoms with van der Waals surface area (Å²) in [4.78, 5) is 16.7. The average Bonchev–Trinajstić information content (AvgIpc) is 2.84. The molecule has 11 heteroatoms. The van der Waals surface area contributed by atoms with Crippen molar-refractivity contribution in [1.29, 1.82) is 5.41 Å². The molecule has 0 radical (unpaired) electrons. The number of nitrogens with zero attached hydrogens (tertiary/aromatic N) is 1. The normalized spacial score (nSPS) is 12.6. The molecule has 3 N–H and O–H groups in total. The van der Waals surface area contributed by atoms with Gasteiger partial charge in [-0.05, 0) is 55.0 Å². The number of nitrogens with one attached hydrogen (secondary N) is 3. The Morgan fingerprint density at radius 2 is 1.81 bits per heavy atom. The lowest BCUT2D eigenvalue weighted by molar-refractivity contribution is -0.137. The van der Waals surface area contributed by atoms with Gasteiger partial charge in [0.2, 0.25) is 5.91 Å². The smallest absolute Gasteiger partial charge is 0.376 e. The van der Waals surface area contributed by atoms with E-state index in [-0.39, 0.29) is 28.7 Å². The van der Waals surface area contributed by atoms with Gasteiger partial charge in [-0.1, -0.05) is 19.1 Å². The number of anilines is 2. The molecule has 0 spiro atoms. The van der Waals surface area contributed by atoms with Crippen LogP contribution >= 0.6 is 0 Å². The summed E-state index contributed by atoms with van der Waals surface area (Å²) < 4.78 is 62.8. The summed E-state index contributed by atoms with van der Waals surface area (Å²) in [6, 6.07) is 12.2. The minimum atomic E-state index is -4.48. The van der Waals surface area contributed by atoms with E-state index >= 15 is 0 Å². The van der Waals surface area contributed by atoms with Crippen LogP contribution in [0.25, 0.3) is 0 Å². The maximum absolute atomic E-state index is 13.0. The van der Waals surface area contributed by atoms with E-state index in [4.69, 9.17) is 5.41 Å². The van der Waals surface area contributed by atoms with Gasteiger partial charge in [0, 0.05) is 29.3 Å². The summed E-state index contributed by atoms with van der Waals surface area (Å²) in [5.74, 6) is -0.346. The topological polar surface area (TPSA) is 112 Å². The molecule has 0 aliphatic heterocycles. The molecule has 2 aromatic carbocycles. The quantitative estimate of drug-likeness (QED) is 0.335. The Bertz CT molecular complexity index is 1360. The third kappa shape index (κ3) is 6.69. The number of halogens is 3. The number of carbonyl (C=O) groups excluding carboxylic acids is 1. The van der Waals surface area contributed by atoms with E-state index < -0.39 is 27.6 Å². The third-order valence-corrected chi connectivity index (χ3v) is 7.19. The van der Waals surface area contributed by atoms with E-state index in [1.165, 1.54) is 12.1 Å². The molecule has 0 aliphatic carbocycles. The van der Waals surface area contributed by atoms with Crippen molar-refractivity contribution < 1.29 is 26.4 Å². The van der Waals surface area contributed by atoms with Crippen LogP contribution in [0, 0.1) is 5.41 Å². The molecule has 1 atom stereocenters. The van der Waals surface area contributed by atoms with Crippen LogP contribution in [-0.4, -0.2) is 31.3 Å². The van der Waals surface area contributed by atoms with Crippen molar-refractivity contribution in [2.24, 2.45) is 0 Å². The minimum absolute atomic E-state index is 0.0116. The monoisotopic (exact) mass is 518 g/mol. The first kappa shape index (κ1) is 26.9. The number of hydrogen-bond donors (Lipinski definition) is 3. The maximum Gasteiger partial charge on any atom is 0.416 e. The van der Waals surface area contributed by atoms with Crippen molar-refractivity contribution in [1.82, 2.24) is 4.98 Å². The predicted octanol–water partition coefficient (Wildman–Crippen LogP) is 5.25. The Kier molecular flexibility index (Phi) is 8.13. The predicted molar refractivity (Wildman–Crippen MR) is 132 cm³/mol. The van der Waals surface area contributed by atoms with Crippen LogP contribution in [0.1, 0.15) is 42.3 Å². The van der Waals surface area contributed by atoms with E-state index in [1.807, 2.05) is 0 Å². The summed E-state index contributed by atoms with van der Waals surface area (Å²) in [5, 5.41) is 13.5. The molecule has 0 saturated heterocycles. The minimum Gasteiger partial charge on any atom is -0.376 e. The Morgan fingerprint density at radius 3 is 2.42 bits per heavy atom. The standard InChI is InChI=1S/C25H25F3N4O3S/c1-3-36(34,35)21-7-4-17(5-8-21)12-24(33)32-20-6-9-22(18(13-20)15-29)31-16(2)23-14-19(10-11-30-23)25(26,27)28/h4-11,13-16,29,31H,3,12H2,1-2H3,(H,32,33). The molecule has 3 aromatic rings. The van der Waals surface area contributed by atoms with Crippen molar-refractivity contribution in [2.75, 3.05) is 16.4 Å². The fraction of sp³-hybridized carbons (Fsp3) is 0.240. The zero-order valence-electron chi connectivity index (χ0n) is 19.6.